The van der Waals surface area contributed by atoms with Gasteiger partial charge >= 0.3 is 5.97 Å². The van der Waals surface area contributed by atoms with Gasteiger partial charge < -0.3 is 9.67 Å². The number of nitrogens with one attached hydrogen (secondary N) is 1. The van der Waals surface area contributed by atoms with Crippen LogP contribution in [0.1, 0.15) is 16.5 Å². The molecule has 1 aromatic heterocycles. The molecule has 4 rings (SSSR count). The van der Waals surface area contributed by atoms with E-state index in [2.05, 4.69) is 28.2 Å². The van der Waals surface area contributed by atoms with E-state index in [0.717, 1.165) is 28.0 Å². The zero-order valence-electron chi connectivity index (χ0n) is 13.4. The second kappa shape index (κ2) is 6.75. The first kappa shape index (κ1) is 16.5. The van der Waals surface area contributed by atoms with E-state index in [1.807, 2.05) is 36.4 Å². The average Bonchev–Trinajstić information content (AvgIpc) is 3.22. The van der Waals surface area contributed by atoms with Crippen molar-refractivity contribution in [1.29, 1.82) is 0 Å². The second-order valence-corrected chi connectivity index (χ2v) is 7.70. The number of hydrogen-bond acceptors (Lipinski definition) is 3. The van der Waals surface area contributed by atoms with Gasteiger partial charge in [0.1, 0.15) is 6.04 Å². The first-order chi connectivity index (χ1) is 12.1. The van der Waals surface area contributed by atoms with E-state index < -0.39 is 12.0 Å². The van der Waals surface area contributed by atoms with E-state index in [1.54, 1.807) is 11.8 Å². The second-order valence-electron chi connectivity index (χ2n) is 6.13. The summed E-state index contributed by atoms with van der Waals surface area (Å²) in [6.07, 6.45) is 2.13. The Kier molecular flexibility index (Phi) is 4.46. The normalized spacial score (nSPS) is 20.2. The number of halogens is 1. The van der Waals surface area contributed by atoms with E-state index >= 15 is 0 Å². The number of aliphatic carboxylic acids is 1. The van der Waals surface area contributed by atoms with E-state index in [1.165, 1.54) is 5.56 Å². The highest BCUT2D eigenvalue weighted by atomic mass is 35.5. The topological polar surface area (TPSA) is 54.3 Å². The number of carbonyl (C=O) groups is 1. The van der Waals surface area contributed by atoms with E-state index in [9.17, 15) is 9.90 Å². The molecular formula is C19H17ClN2O2S. The van der Waals surface area contributed by atoms with Crippen LogP contribution in [0.4, 0.5) is 0 Å². The summed E-state index contributed by atoms with van der Waals surface area (Å²) in [7, 11) is 0. The molecule has 0 radical (unpaired) electrons. The molecule has 2 N–H and O–H groups in total. The number of nitrogens with zero attached hydrogens (tertiary/aromatic N) is 1. The molecule has 0 spiro atoms. The Morgan fingerprint density at radius 2 is 2.00 bits per heavy atom. The molecule has 1 saturated heterocycles. The number of hydrogen-bond donors (Lipinski definition) is 2. The van der Waals surface area contributed by atoms with E-state index in [4.69, 9.17) is 11.6 Å². The Morgan fingerprint density at radius 1 is 1.24 bits per heavy atom. The Hall–Kier alpha value is -1.95. The van der Waals surface area contributed by atoms with Gasteiger partial charge in [-0.1, -0.05) is 41.9 Å². The molecule has 0 amide bonds. The Balaban J connectivity index is 1.69. The molecule has 2 aromatic carbocycles. The van der Waals surface area contributed by atoms with Crippen molar-refractivity contribution in [3.05, 3.63) is 70.9 Å². The molecule has 4 nitrogen and oxygen atoms in total. The average molecular weight is 373 g/mol. The van der Waals surface area contributed by atoms with Crippen LogP contribution in [0.2, 0.25) is 5.02 Å². The number of aromatic nitrogens is 1. The van der Waals surface area contributed by atoms with Crippen LogP contribution in [-0.2, 0) is 11.3 Å². The summed E-state index contributed by atoms with van der Waals surface area (Å²) < 4.78 is 2.21. The Morgan fingerprint density at radius 3 is 2.72 bits per heavy atom. The zero-order valence-corrected chi connectivity index (χ0v) is 14.9. The van der Waals surface area contributed by atoms with Crippen LogP contribution in [0.15, 0.2) is 54.7 Å². The van der Waals surface area contributed by atoms with Crippen molar-refractivity contribution < 1.29 is 9.90 Å². The maximum Gasteiger partial charge on any atom is 0.321 e. The summed E-state index contributed by atoms with van der Waals surface area (Å²) in [6, 6.07) is 15.6. The highest BCUT2D eigenvalue weighted by molar-refractivity contribution is 7.99. The molecule has 1 aliphatic heterocycles. The number of thioether (sulfide) groups is 1. The Bertz CT molecular complexity index is 923. The van der Waals surface area contributed by atoms with Gasteiger partial charge in [0, 0.05) is 40.0 Å². The fraction of sp³-hybridized carbons (Fsp3) is 0.211. The van der Waals surface area contributed by atoms with Crippen LogP contribution in [0.5, 0.6) is 0 Å². The van der Waals surface area contributed by atoms with Gasteiger partial charge in [0.15, 0.2) is 0 Å². The van der Waals surface area contributed by atoms with Crippen molar-refractivity contribution in [3.8, 4) is 0 Å². The first-order valence-corrected chi connectivity index (χ1v) is 9.47. The van der Waals surface area contributed by atoms with Crippen LogP contribution in [0.25, 0.3) is 10.9 Å². The Labute approximate surface area is 154 Å². The molecule has 2 heterocycles. The van der Waals surface area contributed by atoms with E-state index in [0.29, 0.717) is 5.75 Å². The van der Waals surface area contributed by atoms with Gasteiger partial charge in [0.25, 0.3) is 0 Å². The van der Waals surface area contributed by atoms with Gasteiger partial charge in [-0.15, -0.1) is 11.8 Å². The largest absolute Gasteiger partial charge is 0.480 e. The molecule has 25 heavy (non-hydrogen) atoms. The van der Waals surface area contributed by atoms with Crippen LogP contribution in [0.3, 0.4) is 0 Å². The van der Waals surface area contributed by atoms with Crippen LogP contribution >= 0.6 is 23.4 Å². The fourth-order valence-electron chi connectivity index (χ4n) is 3.19. The summed E-state index contributed by atoms with van der Waals surface area (Å²) in [5.74, 6) is -0.212. The third-order valence-electron chi connectivity index (χ3n) is 4.45. The zero-order chi connectivity index (χ0) is 17.4. The third-order valence-corrected chi connectivity index (χ3v) is 5.95. The lowest BCUT2D eigenvalue weighted by Crippen LogP contribution is -2.33. The number of carboxylic acid groups (broad SMARTS) is 1. The van der Waals surface area contributed by atoms with Crippen molar-refractivity contribution in [3.63, 3.8) is 0 Å². The molecule has 0 saturated carbocycles. The molecule has 1 fully saturated rings. The van der Waals surface area contributed by atoms with Crippen LogP contribution < -0.4 is 5.32 Å². The molecule has 128 valence electrons. The van der Waals surface area contributed by atoms with Gasteiger partial charge in [-0.05, 0) is 23.8 Å². The van der Waals surface area contributed by atoms with Crippen molar-refractivity contribution in [2.75, 3.05) is 5.75 Å². The number of rotatable bonds is 4. The molecule has 3 aromatic rings. The predicted octanol–water partition coefficient (Wildman–Crippen LogP) is 4.13. The molecule has 0 unspecified atom stereocenters. The first-order valence-electron chi connectivity index (χ1n) is 8.04. The summed E-state index contributed by atoms with van der Waals surface area (Å²) in [5, 5.41) is 14.3. The van der Waals surface area contributed by atoms with Gasteiger partial charge in [-0.2, -0.15) is 0 Å². The minimum absolute atomic E-state index is 0.00234. The SMILES string of the molecule is O=C(O)[C@@H]1CS[C@@H](c2cn(Cc3ccc(Cl)cc3)c3ccccc23)N1. The lowest BCUT2D eigenvalue weighted by Gasteiger charge is -2.09. The van der Waals surface area contributed by atoms with Gasteiger partial charge in [0.05, 0.1) is 5.37 Å². The highest BCUT2D eigenvalue weighted by Crippen LogP contribution is 2.37. The molecule has 6 heteroatoms. The number of fused-ring (bicyclic) bond motifs is 1. The number of para-hydroxylation sites is 1. The maximum absolute atomic E-state index is 11.2. The fourth-order valence-corrected chi connectivity index (χ4v) is 4.57. The quantitative estimate of drug-likeness (QED) is 0.723. The lowest BCUT2D eigenvalue weighted by molar-refractivity contribution is -0.138. The van der Waals surface area contributed by atoms with Gasteiger partial charge in [0.2, 0.25) is 0 Å². The predicted molar refractivity (Wildman–Crippen MR) is 102 cm³/mol. The van der Waals surface area contributed by atoms with Crippen molar-refractivity contribution in [2.24, 2.45) is 0 Å². The van der Waals surface area contributed by atoms with Crippen molar-refractivity contribution in [2.45, 2.75) is 18.0 Å². The number of benzene rings is 2. The van der Waals surface area contributed by atoms with E-state index in [-0.39, 0.29) is 5.37 Å². The molecule has 0 bridgehead atoms. The van der Waals surface area contributed by atoms with Crippen LogP contribution in [-0.4, -0.2) is 27.4 Å². The summed E-state index contributed by atoms with van der Waals surface area (Å²) >= 11 is 7.62. The van der Waals surface area contributed by atoms with Crippen molar-refractivity contribution in [1.82, 2.24) is 9.88 Å². The molecule has 2 atom stereocenters. The summed E-state index contributed by atoms with van der Waals surface area (Å²) in [5.41, 5.74) is 3.46. The minimum Gasteiger partial charge on any atom is -0.480 e. The van der Waals surface area contributed by atoms with Gasteiger partial charge in [-0.25, -0.2) is 0 Å². The number of carboxylic acids is 1. The smallest absolute Gasteiger partial charge is 0.321 e. The minimum atomic E-state index is -0.792. The monoisotopic (exact) mass is 372 g/mol. The highest BCUT2D eigenvalue weighted by Gasteiger charge is 2.31. The third kappa shape index (κ3) is 3.27. The van der Waals surface area contributed by atoms with Crippen molar-refractivity contribution >= 4 is 40.2 Å². The lowest BCUT2D eigenvalue weighted by atomic mass is 10.1. The summed E-state index contributed by atoms with van der Waals surface area (Å²) in [6.45, 7) is 0.747. The summed E-state index contributed by atoms with van der Waals surface area (Å²) in [4.78, 5) is 11.2. The maximum atomic E-state index is 11.2. The standard InChI is InChI=1S/C19H17ClN2O2S/c20-13-7-5-12(6-8-13)9-22-10-15(14-3-1-2-4-17(14)22)18-21-16(11-25-18)19(23)24/h1-8,10,16,18,21H,9,11H2,(H,23,24)/t16-,18-/m0/s1. The van der Waals surface area contributed by atoms with Gasteiger partial charge in [-0.3, -0.25) is 10.1 Å². The van der Waals surface area contributed by atoms with Crippen LogP contribution in [0, 0.1) is 0 Å². The molecule has 1 aliphatic rings. The molecular weight excluding hydrogens is 356 g/mol. The molecule has 0 aliphatic carbocycles.